The molecule has 3 aromatic rings. The largest absolute Gasteiger partial charge is 0.476 e. The molecule has 4 rings (SSSR count). The molecule has 1 amide bonds. The number of carbonyl (C=O) groups is 1. The van der Waals surface area contributed by atoms with E-state index < -0.39 is 0 Å². The van der Waals surface area contributed by atoms with E-state index in [1.165, 1.54) is 0 Å². The third kappa shape index (κ3) is 3.72. The average Bonchev–Trinajstić information content (AvgIpc) is 3.31. The van der Waals surface area contributed by atoms with Crippen LogP contribution < -0.4 is 4.74 Å². The maximum absolute atomic E-state index is 13.0. The van der Waals surface area contributed by atoms with Gasteiger partial charge in [-0.15, -0.1) is 0 Å². The molecule has 1 aliphatic heterocycles. The van der Waals surface area contributed by atoms with Gasteiger partial charge in [0.2, 0.25) is 5.91 Å². The molecule has 3 aromatic heterocycles. The number of carbonyl (C=O) groups excluding carboxylic acids is 1. The first-order valence-corrected chi connectivity index (χ1v) is 9.85. The standard InChI is InChI=1S/C20H25N5O3/c1-3-27-19-13-15(28-23-19)7-8-20(26)24-11-5-4-6-16(24)17-9-10-21-18-12-14(2)22-25(17)18/h9-10,12-13,16H,3-8,11H2,1-2H3/t16-/m0/s1. The van der Waals surface area contributed by atoms with Gasteiger partial charge in [0.1, 0.15) is 5.76 Å². The van der Waals surface area contributed by atoms with Gasteiger partial charge in [0, 0.05) is 37.7 Å². The van der Waals surface area contributed by atoms with Crippen LogP contribution in [0.1, 0.15) is 55.8 Å². The fourth-order valence-corrected chi connectivity index (χ4v) is 3.82. The summed E-state index contributed by atoms with van der Waals surface area (Å²) in [4.78, 5) is 19.4. The summed E-state index contributed by atoms with van der Waals surface area (Å²) in [5.41, 5.74) is 2.76. The molecule has 0 radical (unpaired) electrons. The zero-order chi connectivity index (χ0) is 19.5. The number of nitrogens with zero attached hydrogens (tertiary/aromatic N) is 5. The first-order valence-electron chi connectivity index (χ1n) is 9.85. The van der Waals surface area contributed by atoms with Gasteiger partial charge < -0.3 is 14.2 Å². The predicted molar refractivity (Wildman–Crippen MR) is 102 cm³/mol. The number of ether oxygens (including phenoxy) is 1. The summed E-state index contributed by atoms with van der Waals surface area (Å²) in [7, 11) is 0. The number of amides is 1. The van der Waals surface area contributed by atoms with Crippen LogP contribution in [0, 0.1) is 6.92 Å². The lowest BCUT2D eigenvalue weighted by Gasteiger charge is -2.36. The van der Waals surface area contributed by atoms with Crippen molar-refractivity contribution in [2.45, 2.75) is 52.0 Å². The van der Waals surface area contributed by atoms with Crippen LogP contribution in [0.3, 0.4) is 0 Å². The van der Waals surface area contributed by atoms with E-state index >= 15 is 0 Å². The Labute approximate surface area is 163 Å². The number of aromatic nitrogens is 4. The molecule has 148 valence electrons. The van der Waals surface area contributed by atoms with Crippen molar-refractivity contribution in [3.05, 3.63) is 41.5 Å². The van der Waals surface area contributed by atoms with Gasteiger partial charge in [-0.05, 0) is 44.3 Å². The number of rotatable bonds is 6. The van der Waals surface area contributed by atoms with Crippen molar-refractivity contribution >= 4 is 11.6 Å². The van der Waals surface area contributed by atoms with Gasteiger partial charge in [-0.3, -0.25) is 4.79 Å². The highest BCUT2D eigenvalue weighted by Crippen LogP contribution is 2.31. The van der Waals surface area contributed by atoms with Crippen molar-refractivity contribution in [1.29, 1.82) is 0 Å². The van der Waals surface area contributed by atoms with Crippen molar-refractivity contribution in [2.75, 3.05) is 13.2 Å². The van der Waals surface area contributed by atoms with Crippen LogP contribution in [0.2, 0.25) is 0 Å². The fraction of sp³-hybridized carbons (Fsp3) is 0.500. The molecule has 0 spiro atoms. The molecule has 4 heterocycles. The van der Waals surface area contributed by atoms with E-state index in [0.29, 0.717) is 31.1 Å². The Morgan fingerprint density at radius 3 is 3.11 bits per heavy atom. The predicted octanol–water partition coefficient (Wildman–Crippen LogP) is 3.11. The molecule has 0 aliphatic carbocycles. The first-order chi connectivity index (χ1) is 13.7. The molecule has 0 aromatic carbocycles. The Kier molecular flexibility index (Phi) is 5.27. The second-order valence-electron chi connectivity index (χ2n) is 7.09. The third-order valence-electron chi connectivity index (χ3n) is 5.09. The van der Waals surface area contributed by atoms with Gasteiger partial charge in [-0.25, -0.2) is 9.50 Å². The van der Waals surface area contributed by atoms with Crippen LogP contribution >= 0.6 is 0 Å². The Balaban J connectivity index is 1.50. The molecule has 0 saturated carbocycles. The Morgan fingerprint density at radius 1 is 1.36 bits per heavy atom. The molecular weight excluding hydrogens is 358 g/mol. The highest BCUT2D eigenvalue weighted by atomic mass is 16.5. The van der Waals surface area contributed by atoms with Crippen LogP contribution in [0.15, 0.2) is 28.9 Å². The normalized spacial score (nSPS) is 17.2. The maximum Gasteiger partial charge on any atom is 0.254 e. The van der Waals surface area contributed by atoms with Gasteiger partial charge >= 0.3 is 0 Å². The van der Waals surface area contributed by atoms with E-state index in [0.717, 1.165) is 42.8 Å². The average molecular weight is 383 g/mol. The first kappa shape index (κ1) is 18.5. The van der Waals surface area contributed by atoms with Crippen LogP contribution in [0.25, 0.3) is 5.65 Å². The van der Waals surface area contributed by atoms with Crippen LogP contribution in [-0.4, -0.2) is 43.7 Å². The SMILES string of the molecule is CCOc1cc(CCC(=O)N2CCCC[C@H]2c2ccnc3cc(C)nn23)on1. The van der Waals surface area contributed by atoms with Crippen LogP contribution in [0.4, 0.5) is 0 Å². The van der Waals surface area contributed by atoms with Crippen LogP contribution in [0.5, 0.6) is 5.88 Å². The molecule has 0 unspecified atom stereocenters. The van der Waals surface area contributed by atoms with Crippen molar-refractivity contribution in [3.8, 4) is 5.88 Å². The van der Waals surface area contributed by atoms with E-state index in [2.05, 4.69) is 15.2 Å². The van der Waals surface area contributed by atoms with E-state index in [1.807, 2.05) is 35.4 Å². The molecule has 0 N–H and O–H groups in total. The third-order valence-corrected chi connectivity index (χ3v) is 5.09. The Bertz CT molecular complexity index is 964. The zero-order valence-electron chi connectivity index (χ0n) is 16.3. The molecule has 1 saturated heterocycles. The smallest absolute Gasteiger partial charge is 0.254 e. The molecule has 1 fully saturated rings. The quantitative estimate of drug-likeness (QED) is 0.650. The van der Waals surface area contributed by atoms with Crippen LogP contribution in [-0.2, 0) is 11.2 Å². The lowest BCUT2D eigenvalue weighted by molar-refractivity contribution is -0.135. The zero-order valence-corrected chi connectivity index (χ0v) is 16.3. The lowest BCUT2D eigenvalue weighted by Crippen LogP contribution is -2.39. The van der Waals surface area contributed by atoms with Crippen molar-refractivity contribution in [2.24, 2.45) is 0 Å². The summed E-state index contributed by atoms with van der Waals surface area (Å²) in [6.45, 7) is 5.14. The number of piperidine rings is 1. The highest BCUT2D eigenvalue weighted by molar-refractivity contribution is 5.77. The second kappa shape index (κ2) is 8.00. The van der Waals surface area contributed by atoms with Crippen molar-refractivity contribution in [3.63, 3.8) is 0 Å². The molecule has 1 aliphatic rings. The summed E-state index contributed by atoms with van der Waals surface area (Å²) < 4.78 is 12.4. The monoisotopic (exact) mass is 383 g/mol. The Morgan fingerprint density at radius 2 is 2.25 bits per heavy atom. The molecule has 0 bridgehead atoms. The van der Waals surface area contributed by atoms with Gasteiger partial charge in [0.25, 0.3) is 5.88 Å². The van der Waals surface area contributed by atoms with Crippen molar-refractivity contribution in [1.82, 2.24) is 24.7 Å². The number of hydrogen-bond donors (Lipinski definition) is 0. The summed E-state index contributed by atoms with van der Waals surface area (Å²) in [5, 5.41) is 8.43. The summed E-state index contributed by atoms with van der Waals surface area (Å²) in [5.74, 6) is 1.25. The number of fused-ring (bicyclic) bond motifs is 1. The summed E-state index contributed by atoms with van der Waals surface area (Å²) in [6.07, 6.45) is 5.73. The highest BCUT2D eigenvalue weighted by Gasteiger charge is 2.30. The molecule has 28 heavy (non-hydrogen) atoms. The van der Waals surface area contributed by atoms with E-state index in [1.54, 1.807) is 12.3 Å². The fourth-order valence-electron chi connectivity index (χ4n) is 3.82. The topological polar surface area (TPSA) is 85.8 Å². The molecular formula is C20H25N5O3. The number of hydrogen-bond acceptors (Lipinski definition) is 6. The van der Waals surface area contributed by atoms with E-state index in [9.17, 15) is 4.79 Å². The number of aryl methyl sites for hydroxylation is 2. The minimum absolute atomic E-state index is 0.0137. The van der Waals surface area contributed by atoms with E-state index in [4.69, 9.17) is 9.26 Å². The second-order valence-corrected chi connectivity index (χ2v) is 7.09. The minimum Gasteiger partial charge on any atom is -0.476 e. The van der Waals surface area contributed by atoms with Gasteiger partial charge in [-0.1, -0.05) is 0 Å². The van der Waals surface area contributed by atoms with Gasteiger partial charge in [-0.2, -0.15) is 5.10 Å². The Hall–Kier alpha value is -2.90. The van der Waals surface area contributed by atoms with Gasteiger partial charge in [0.15, 0.2) is 5.65 Å². The van der Waals surface area contributed by atoms with Crippen molar-refractivity contribution < 1.29 is 14.1 Å². The molecule has 8 nitrogen and oxygen atoms in total. The number of likely N-dealkylation sites (tertiary alicyclic amines) is 1. The molecule has 1 atom stereocenters. The molecule has 8 heteroatoms. The van der Waals surface area contributed by atoms with E-state index in [-0.39, 0.29) is 11.9 Å². The lowest BCUT2D eigenvalue weighted by atomic mass is 9.98. The maximum atomic E-state index is 13.0. The summed E-state index contributed by atoms with van der Waals surface area (Å²) in [6, 6.07) is 5.70. The van der Waals surface area contributed by atoms with Gasteiger partial charge in [0.05, 0.1) is 24.0 Å². The summed E-state index contributed by atoms with van der Waals surface area (Å²) >= 11 is 0. The minimum atomic E-state index is 0.0137.